The summed E-state index contributed by atoms with van der Waals surface area (Å²) in [6.45, 7) is 5.98. The molecule has 1 saturated heterocycles. The Hall–Kier alpha value is -1.56. The Morgan fingerprint density at radius 1 is 1.47 bits per heavy atom. The molecule has 6 heteroatoms. The van der Waals surface area contributed by atoms with Gasteiger partial charge in [-0.15, -0.1) is 6.58 Å². The van der Waals surface area contributed by atoms with Crippen molar-refractivity contribution in [1.29, 1.82) is 0 Å². The van der Waals surface area contributed by atoms with E-state index in [1.54, 1.807) is 11.0 Å². The molecule has 0 spiro atoms. The number of nitrogens with one attached hydrogen (secondary N) is 1. The van der Waals surface area contributed by atoms with Crippen molar-refractivity contribution < 1.29 is 19.4 Å². The number of amides is 2. The molecule has 6 nitrogen and oxygen atoms in total. The lowest BCUT2D eigenvalue weighted by Crippen LogP contribution is -2.47. The van der Waals surface area contributed by atoms with Crippen molar-refractivity contribution in [3.63, 3.8) is 0 Å². The predicted octanol–water partition coefficient (Wildman–Crippen LogP) is 1.09. The predicted molar refractivity (Wildman–Crippen MR) is 71.0 cm³/mol. The van der Waals surface area contributed by atoms with Crippen LogP contribution in [-0.2, 0) is 9.53 Å². The van der Waals surface area contributed by atoms with Crippen molar-refractivity contribution in [2.45, 2.75) is 19.3 Å². The van der Waals surface area contributed by atoms with Crippen LogP contribution in [0.25, 0.3) is 0 Å². The standard InChI is InChI=1S/C13H22N2O4/c1-2-3-8-19-9-6-14-13(18)15-7-4-5-11(10-15)12(16)17/h2,11H,1,3-10H2,(H,14,18)(H,16,17). The fourth-order valence-corrected chi connectivity index (χ4v) is 1.97. The fourth-order valence-electron chi connectivity index (χ4n) is 1.97. The molecule has 108 valence electrons. The monoisotopic (exact) mass is 270 g/mol. The zero-order chi connectivity index (χ0) is 14.1. The molecule has 2 amide bonds. The SMILES string of the molecule is C=CCCOCCNC(=O)N1CCCC(C(=O)O)C1. The highest BCUT2D eigenvalue weighted by atomic mass is 16.5. The normalized spacial score (nSPS) is 18.9. The smallest absolute Gasteiger partial charge is 0.317 e. The van der Waals surface area contributed by atoms with Gasteiger partial charge < -0.3 is 20.1 Å². The van der Waals surface area contributed by atoms with Crippen LogP contribution in [-0.4, -0.2) is 54.9 Å². The summed E-state index contributed by atoms with van der Waals surface area (Å²) >= 11 is 0. The van der Waals surface area contributed by atoms with E-state index in [2.05, 4.69) is 11.9 Å². The molecule has 0 aromatic heterocycles. The van der Waals surface area contributed by atoms with Gasteiger partial charge in [0.2, 0.25) is 0 Å². The third-order valence-electron chi connectivity index (χ3n) is 3.05. The lowest BCUT2D eigenvalue weighted by atomic mass is 9.99. The van der Waals surface area contributed by atoms with Gasteiger partial charge in [-0.25, -0.2) is 4.79 Å². The summed E-state index contributed by atoms with van der Waals surface area (Å²) < 4.78 is 5.27. The molecule has 1 fully saturated rings. The second kappa shape index (κ2) is 8.53. The van der Waals surface area contributed by atoms with E-state index in [0.29, 0.717) is 39.3 Å². The molecule has 1 unspecified atom stereocenters. The number of carboxylic acid groups (broad SMARTS) is 1. The average Bonchev–Trinajstić information content (AvgIpc) is 2.42. The first-order valence-electron chi connectivity index (χ1n) is 6.59. The lowest BCUT2D eigenvalue weighted by Gasteiger charge is -2.30. The Labute approximate surface area is 113 Å². The van der Waals surface area contributed by atoms with E-state index in [0.717, 1.165) is 12.8 Å². The summed E-state index contributed by atoms with van der Waals surface area (Å²) in [6, 6.07) is -0.210. The summed E-state index contributed by atoms with van der Waals surface area (Å²) in [6.07, 6.45) is 3.95. The van der Waals surface area contributed by atoms with Crippen LogP contribution in [0.15, 0.2) is 12.7 Å². The Morgan fingerprint density at radius 2 is 2.26 bits per heavy atom. The molecule has 2 N–H and O–H groups in total. The summed E-state index contributed by atoms with van der Waals surface area (Å²) in [4.78, 5) is 24.3. The molecule has 1 atom stereocenters. The third kappa shape index (κ3) is 5.74. The number of ether oxygens (including phenoxy) is 1. The summed E-state index contributed by atoms with van der Waals surface area (Å²) in [5.74, 6) is -1.27. The molecule has 0 radical (unpaired) electrons. The van der Waals surface area contributed by atoms with Crippen LogP contribution in [0.2, 0.25) is 0 Å². The first kappa shape index (κ1) is 15.5. The maximum absolute atomic E-state index is 11.8. The van der Waals surface area contributed by atoms with Crippen LogP contribution in [0, 0.1) is 5.92 Å². The van der Waals surface area contributed by atoms with Gasteiger partial charge in [0.1, 0.15) is 0 Å². The lowest BCUT2D eigenvalue weighted by molar-refractivity contribution is -0.143. The number of aliphatic carboxylic acids is 1. The topological polar surface area (TPSA) is 78.9 Å². The summed E-state index contributed by atoms with van der Waals surface area (Å²) in [7, 11) is 0. The molecule has 19 heavy (non-hydrogen) atoms. The van der Waals surface area contributed by atoms with Crippen LogP contribution in [0.1, 0.15) is 19.3 Å². The molecular formula is C13H22N2O4. The van der Waals surface area contributed by atoms with Crippen LogP contribution >= 0.6 is 0 Å². The van der Waals surface area contributed by atoms with Crippen molar-refractivity contribution in [3.8, 4) is 0 Å². The van der Waals surface area contributed by atoms with Crippen molar-refractivity contribution in [2.75, 3.05) is 32.8 Å². The Morgan fingerprint density at radius 3 is 2.95 bits per heavy atom. The number of carbonyl (C=O) groups excluding carboxylic acids is 1. The average molecular weight is 270 g/mol. The molecule has 0 aromatic carbocycles. The van der Waals surface area contributed by atoms with E-state index in [1.165, 1.54) is 0 Å². The van der Waals surface area contributed by atoms with E-state index in [-0.39, 0.29) is 6.03 Å². The number of carbonyl (C=O) groups is 2. The second-order valence-electron chi connectivity index (χ2n) is 4.55. The Bertz CT molecular complexity index is 320. The quantitative estimate of drug-likeness (QED) is 0.536. The Balaban J connectivity index is 2.18. The molecule has 0 aliphatic carbocycles. The maximum Gasteiger partial charge on any atom is 0.317 e. The van der Waals surface area contributed by atoms with Crippen LogP contribution in [0.4, 0.5) is 4.79 Å². The largest absolute Gasteiger partial charge is 0.481 e. The first-order chi connectivity index (χ1) is 9.15. The fraction of sp³-hybridized carbons (Fsp3) is 0.692. The molecule has 1 heterocycles. The highest BCUT2D eigenvalue weighted by Crippen LogP contribution is 2.16. The molecule has 1 aliphatic rings. The molecule has 1 rings (SSSR count). The minimum absolute atomic E-state index is 0.210. The van der Waals surface area contributed by atoms with Gasteiger partial charge in [0.25, 0.3) is 0 Å². The molecular weight excluding hydrogens is 248 g/mol. The minimum atomic E-state index is -0.828. The summed E-state index contributed by atoms with van der Waals surface area (Å²) in [5, 5.41) is 11.7. The van der Waals surface area contributed by atoms with Crippen molar-refractivity contribution >= 4 is 12.0 Å². The van der Waals surface area contributed by atoms with Gasteiger partial charge in [0, 0.05) is 19.6 Å². The van der Waals surface area contributed by atoms with Crippen molar-refractivity contribution in [1.82, 2.24) is 10.2 Å². The van der Waals surface area contributed by atoms with Crippen LogP contribution in [0.3, 0.4) is 0 Å². The number of rotatable bonds is 7. The number of nitrogens with zero attached hydrogens (tertiary/aromatic N) is 1. The molecule has 0 saturated carbocycles. The third-order valence-corrected chi connectivity index (χ3v) is 3.05. The van der Waals surface area contributed by atoms with E-state index >= 15 is 0 Å². The number of likely N-dealkylation sites (tertiary alicyclic amines) is 1. The number of piperidine rings is 1. The minimum Gasteiger partial charge on any atom is -0.481 e. The van der Waals surface area contributed by atoms with Crippen molar-refractivity contribution in [2.24, 2.45) is 5.92 Å². The van der Waals surface area contributed by atoms with E-state index in [1.807, 2.05) is 0 Å². The number of carboxylic acids is 1. The Kier molecular flexibility index (Phi) is 6.95. The van der Waals surface area contributed by atoms with E-state index < -0.39 is 11.9 Å². The molecule has 0 aromatic rings. The van der Waals surface area contributed by atoms with Crippen LogP contribution < -0.4 is 5.32 Å². The van der Waals surface area contributed by atoms with Gasteiger partial charge in [-0.2, -0.15) is 0 Å². The van der Waals surface area contributed by atoms with Gasteiger partial charge in [-0.05, 0) is 19.3 Å². The highest BCUT2D eigenvalue weighted by molar-refractivity contribution is 5.76. The molecule has 0 bridgehead atoms. The van der Waals surface area contributed by atoms with Crippen LogP contribution in [0.5, 0.6) is 0 Å². The second-order valence-corrected chi connectivity index (χ2v) is 4.55. The number of hydrogen-bond donors (Lipinski definition) is 2. The highest BCUT2D eigenvalue weighted by Gasteiger charge is 2.27. The van der Waals surface area contributed by atoms with Gasteiger partial charge >= 0.3 is 12.0 Å². The zero-order valence-corrected chi connectivity index (χ0v) is 11.1. The van der Waals surface area contributed by atoms with Gasteiger partial charge in [0.05, 0.1) is 19.1 Å². The molecule has 1 aliphatic heterocycles. The van der Waals surface area contributed by atoms with E-state index in [9.17, 15) is 9.59 Å². The maximum atomic E-state index is 11.8. The number of urea groups is 1. The van der Waals surface area contributed by atoms with E-state index in [4.69, 9.17) is 9.84 Å². The summed E-state index contributed by atoms with van der Waals surface area (Å²) in [5.41, 5.74) is 0. The van der Waals surface area contributed by atoms with Gasteiger partial charge in [-0.1, -0.05) is 6.08 Å². The number of hydrogen-bond acceptors (Lipinski definition) is 3. The zero-order valence-electron chi connectivity index (χ0n) is 11.1. The van der Waals surface area contributed by atoms with Gasteiger partial charge in [0.15, 0.2) is 0 Å². The van der Waals surface area contributed by atoms with Crippen molar-refractivity contribution in [3.05, 3.63) is 12.7 Å². The van der Waals surface area contributed by atoms with Gasteiger partial charge in [-0.3, -0.25) is 4.79 Å². The first-order valence-corrected chi connectivity index (χ1v) is 6.59.